The van der Waals surface area contributed by atoms with Crippen molar-refractivity contribution in [1.29, 1.82) is 0 Å². The number of hydrogen-bond acceptors (Lipinski definition) is 2. The van der Waals surface area contributed by atoms with Gasteiger partial charge >= 0.3 is 12.0 Å². The van der Waals surface area contributed by atoms with Crippen LogP contribution < -0.4 is 10.6 Å². The van der Waals surface area contributed by atoms with Crippen LogP contribution in [0.5, 0.6) is 0 Å². The van der Waals surface area contributed by atoms with E-state index in [9.17, 15) is 9.59 Å². The molecule has 3 N–H and O–H groups in total. The van der Waals surface area contributed by atoms with Crippen LogP contribution in [-0.4, -0.2) is 29.7 Å². The van der Waals surface area contributed by atoms with Crippen LogP contribution in [0.2, 0.25) is 0 Å². The Hall–Kier alpha value is -1.26. The van der Waals surface area contributed by atoms with Crippen molar-refractivity contribution in [3.05, 3.63) is 0 Å². The molecule has 1 aliphatic rings. The molecule has 1 aliphatic carbocycles. The Morgan fingerprint density at radius 3 is 2.53 bits per heavy atom. The van der Waals surface area contributed by atoms with E-state index in [-0.39, 0.29) is 12.1 Å². The van der Waals surface area contributed by atoms with Crippen LogP contribution in [-0.2, 0) is 4.79 Å². The summed E-state index contributed by atoms with van der Waals surface area (Å²) in [6.45, 7) is 4.03. The zero-order valence-corrected chi connectivity index (χ0v) is 10.5. The van der Waals surface area contributed by atoms with Gasteiger partial charge in [0.2, 0.25) is 0 Å². The van der Waals surface area contributed by atoms with E-state index < -0.39 is 11.9 Å². The Bertz CT molecular complexity index is 277. The third-order valence-electron chi connectivity index (χ3n) is 3.05. The highest BCUT2D eigenvalue weighted by Gasteiger charge is 2.24. The molecule has 98 valence electrons. The van der Waals surface area contributed by atoms with Gasteiger partial charge < -0.3 is 15.7 Å². The number of amides is 2. The van der Waals surface area contributed by atoms with E-state index in [1.54, 1.807) is 6.92 Å². The van der Waals surface area contributed by atoms with Crippen LogP contribution in [0.1, 0.15) is 39.5 Å². The molecular weight excluding hydrogens is 220 g/mol. The van der Waals surface area contributed by atoms with Gasteiger partial charge in [-0.05, 0) is 25.7 Å². The molecule has 2 unspecified atom stereocenters. The molecule has 0 aromatic rings. The summed E-state index contributed by atoms with van der Waals surface area (Å²) in [7, 11) is 0. The van der Waals surface area contributed by atoms with Gasteiger partial charge in [0, 0.05) is 12.6 Å². The van der Waals surface area contributed by atoms with Gasteiger partial charge in [-0.15, -0.1) is 0 Å². The lowest BCUT2D eigenvalue weighted by atomic mass is 10.1. The fourth-order valence-electron chi connectivity index (χ4n) is 1.71. The number of carbonyl (C=O) groups excluding carboxylic acids is 1. The fraction of sp³-hybridized carbons (Fsp3) is 0.833. The molecule has 0 aliphatic heterocycles. The molecule has 1 rings (SSSR count). The van der Waals surface area contributed by atoms with Gasteiger partial charge in [0.25, 0.3) is 0 Å². The molecule has 0 radical (unpaired) electrons. The lowest BCUT2D eigenvalue weighted by Gasteiger charge is -2.14. The first kappa shape index (κ1) is 13.8. The highest BCUT2D eigenvalue weighted by molar-refractivity contribution is 5.74. The Balaban J connectivity index is 2.05. The number of carboxylic acids is 1. The van der Waals surface area contributed by atoms with Crippen LogP contribution in [0.3, 0.4) is 0 Å². The van der Waals surface area contributed by atoms with Gasteiger partial charge in [0.1, 0.15) is 0 Å². The second kappa shape index (κ2) is 6.47. The molecule has 1 fully saturated rings. The van der Waals surface area contributed by atoms with E-state index >= 15 is 0 Å². The molecule has 0 aromatic heterocycles. The Labute approximate surface area is 102 Å². The maximum atomic E-state index is 11.4. The Morgan fingerprint density at radius 2 is 2.00 bits per heavy atom. The zero-order valence-electron chi connectivity index (χ0n) is 10.5. The van der Waals surface area contributed by atoms with Crippen molar-refractivity contribution in [1.82, 2.24) is 10.6 Å². The number of aliphatic carboxylic acids is 1. The average molecular weight is 242 g/mol. The van der Waals surface area contributed by atoms with Gasteiger partial charge in [0.05, 0.1) is 5.92 Å². The highest BCUT2D eigenvalue weighted by atomic mass is 16.4. The van der Waals surface area contributed by atoms with Gasteiger partial charge in [-0.1, -0.05) is 19.8 Å². The topological polar surface area (TPSA) is 78.4 Å². The summed E-state index contributed by atoms with van der Waals surface area (Å²) in [5.74, 6) is -0.453. The molecule has 0 heterocycles. The number of urea groups is 1. The minimum absolute atomic E-state index is 0.194. The number of nitrogens with one attached hydrogen (secondary N) is 2. The van der Waals surface area contributed by atoms with Gasteiger partial charge in [-0.3, -0.25) is 4.79 Å². The lowest BCUT2D eigenvalue weighted by Crippen LogP contribution is -2.41. The fourth-order valence-corrected chi connectivity index (χ4v) is 1.71. The third-order valence-corrected chi connectivity index (χ3v) is 3.05. The van der Waals surface area contributed by atoms with Crippen molar-refractivity contribution in [2.24, 2.45) is 11.8 Å². The van der Waals surface area contributed by atoms with E-state index in [1.165, 1.54) is 12.8 Å². The van der Waals surface area contributed by atoms with E-state index in [4.69, 9.17) is 5.11 Å². The first-order valence-corrected chi connectivity index (χ1v) is 6.26. The van der Waals surface area contributed by atoms with Crippen LogP contribution in [0.4, 0.5) is 4.79 Å². The minimum Gasteiger partial charge on any atom is -0.481 e. The highest BCUT2D eigenvalue weighted by Crippen LogP contribution is 2.33. The Morgan fingerprint density at radius 1 is 1.35 bits per heavy atom. The standard InChI is InChI=1S/C12H22N2O3/c1-8(11(15)16)5-6-13-12(17)14-9(2)7-10-3-4-10/h8-10H,3-7H2,1-2H3,(H,15,16)(H2,13,14,17). The van der Waals surface area contributed by atoms with Crippen LogP contribution in [0.15, 0.2) is 0 Å². The average Bonchev–Trinajstić information content (AvgIpc) is 3.00. The van der Waals surface area contributed by atoms with E-state index in [0.717, 1.165) is 12.3 Å². The number of rotatable bonds is 7. The van der Waals surface area contributed by atoms with Crippen molar-refractivity contribution >= 4 is 12.0 Å². The second-order valence-electron chi connectivity index (χ2n) is 5.01. The summed E-state index contributed by atoms with van der Waals surface area (Å²) >= 11 is 0. The molecule has 17 heavy (non-hydrogen) atoms. The SMILES string of the molecule is CC(CC1CC1)NC(=O)NCCC(C)C(=O)O. The maximum Gasteiger partial charge on any atom is 0.314 e. The molecule has 5 heteroatoms. The van der Waals surface area contributed by atoms with E-state index in [0.29, 0.717) is 13.0 Å². The number of hydrogen-bond donors (Lipinski definition) is 3. The summed E-state index contributed by atoms with van der Waals surface area (Å²) in [5, 5.41) is 14.2. The smallest absolute Gasteiger partial charge is 0.314 e. The first-order valence-electron chi connectivity index (χ1n) is 6.26. The molecule has 0 spiro atoms. The Kier molecular flexibility index (Phi) is 5.25. The van der Waals surface area contributed by atoms with Crippen molar-refractivity contribution in [3.8, 4) is 0 Å². The summed E-state index contributed by atoms with van der Waals surface area (Å²) in [6, 6.07) is -0.00450. The second-order valence-corrected chi connectivity index (χ2v) is 5.01. The van der Waals surface area contributed by atoms with Crippen LogP contribution in [0.25, 0.3) is 0 Å². The molecule has 0 saturated heterocycles. The lowest BCUT2D eigenvalue weighted by molar-refractivity contribution is -0.141. The van der Waals surface area contributed by atoms with E-state index in [1.807, 2.05) is 6.92 Å². The number of carboxylic acid groups (broad SMARTS) is 1. The maximum absolute atomic E-state index is 11.4. The number of carbonyl (C=O) groups is 2. The zero-order chi connectivity index (χ0) is 12.8. The minimum atomic E-state index is -0.825. The molecule has 5 nitrogen and oxygen atoms in total. The molecule has 1 saturated carbocycles. The van der Waals surface area contributed by atoms with Crippen molar-refractivity contribution in [3.63, 3.8) is 0 Å². The summed E-state index contributed by atoms with van der Waals surface area (Å²) in [5.41, 5.74) is 0. The normalized spacial score (nSPS) is 18.2. The third kappa shape index (κ3) is 6.14. The molecule has 2 atom stereocenters. The van der Waals surface area contributed by atoms with Crippen molar-refractivity contribution in [2.45, 2.75) is 45.6 Å². The predicted molar refractivity (Wildman–Crippen MR) is 64.8 cm³/mol. The summed E-state index contributed by atoms with van der Waals surface area (Å²) in [6.07, 6.45) is 4.06. The summed E-state index contributed by atoms with van der Waals surface area (Å²) < 4.78 is 0. The molecule has 2 amide bonds. The van der Waals surface area contributed by atoms with Crippen LogP contribution >= 0.6 is 0 Å². The van der Waals surface area contributed by atoms with Crippen molar-refractivity contribution in [2.75, 3.05) is 6.54 Å². The first-order chi connectivity index (χ1) is 7.99. The van der Waals surface area contributed by atoms with Crippen LogP contribution in [0, 0.1) is 11.8 Å². The quantitative estimate of drug-likeness (QED) is 0.634. The monoisotopic (exact) mass is 242 g/mol. The van der Waals surface area contributed by atoms with Gasteiger partial charge in [0.15, 0.2) is 0 Å². The molecule has 0 aromatic carbocycles. The van der Waals surface area contributed by atoms with Gasteiger partial charge in [-0.2, -0.15) is 0 Å². The molecular formula is C12H22N2O3. The van der Waals surface area contributed by atoms with Crippen molar-refractivity contribution < 1.29 is 14.7 Å². The van der Waals surface area contributed by atoms with Gasteiger partial charge in [-0.25, -0.2) is 4.79 Å². The molecule has 0 bridgehead atoms. The summed E-state index contributed by atoms with van der Waals surface area (Å²) in [4.78, 5) is 22.0. The predicted octanol–water partition coefficient (Wildman–Crippen LogP) is 1.58. The van der Waals surface area contributed by atoms with E-state index in [2.05, 4.69) is 10.6 Å². The largest absolute Gasteiger partial charge is 0.481 e.